The molecule has 0 bridgehead atoms. The highest BCUT2D eigenvalue weighted by atomic mass is 16.5. The van der Waals surface area contributed by atoms with Crippen molar-refractivity contribution in [1.29, 1.82) is 0 Å². The lowest BCUT2D eigenvalue weighted by Crippen LogP contribution is -2.42. The highest BCUT2D eigenvalue weighted by Gasteiger charge is 2.24. The van der Waals surface area contributed by atoms with E-state index in [0.717, 1.165) is 18.4 Å². The third kappa shape index (κ3) is 4.48. The molecule has 0 aromatic heterocycles. The molecule has 7 heteroatoms. The Balaban J connectivity index is 1.81. The Morgan fingerprint density at radius 1 is 1.33 bits per heavy atom. The van der Waals surface area contributed by atoms with Gasteiger partial charge in [-0.3, -0.25) is 10.1 Å². The predicted molar refractivity (Wildman–Crippen MR) is 72.8 cm³/mol. The van der Waals surface area contributed by atoms with Crippen molar-refractivity contribution in [3.63, 3.8) is 0 Å². The Labute approximate surface area is 121 Å². The van der Waals surface area contributed by atoms with E-state index in [4.69, 9.17) is 4.74 Å². The van der Waals surface area contributed by atoms with Crippen LogP contribution in [-0.2, 0) is 9.53 Å². The van der Waals surface area contributed by atoms with Crippen LogP contribution in [-0.4, -0.2) is 35.7 Å². The van der Waals surface area contributed by atoms with E-state index in [-0.39, 0.29) is 17.4 Å². The van der Waals surface area contributed by atoms with E-state index in [1.807, 2.05) is 0 Å². The fourth-order valence-electron chi connectivity index (χ4n) is 1.63. The van der Waals surface area contributed by atoms with Crippen molar-refractivity contribution in [1.82, 2.24) is 10.6 Å². The smallest absolute Gasteiger partial charge is 0.342 e. The van der Waals surface area contributed by atoms with E-state index < -0.39 is 24.5 Å². The van der Waals surface area contributed by atoms with Crippen molar-refractivity contribution < 1.29 is 24.2 Å². The zero-order chi connectivity index (χ0) is 15.4. The molecule has 1 aliphatic rings. The van der Waals surface area contributed by atoms with E-state index in [1.54, 1.807) is 13.0 Å². The van der Waals surface area contributed by atoms with Gasteiger partial charge in [0.2, 0.25) is 0 Å². The van der Waals surface area contributed by atoms with Gasteiger partial charge >= 0.3 is 12.0 Å². The first-order chi connectivity index (χ1) is 9.95. The second-order valence-corrected chi connectivity index (χ2v) is 4.89. The highest BCUT2D eigenvalue weighted by molar-refractivity contribution is 5.97. The standard InChI is InChI=1S/C14H16N2O5/c1-8-2-5-11(17)10(6-8)13(19)21-7-12(18)16-14(20)15-9-3-4-9/h2,5-6,9,17H,3-4,7H2,1H3,(H2,15,16,18,20). The molecule has 0 aliphatic heterocycles. The zero-order valence-corrected chi connectivity index (χ0v) is 11.5. The normalized spacial score (nSPS) is 13.4. The van der Waals surface area contributed by atoms with E-state index in [2.05, 4.69) is 10.6 Å². The second kappa shape index (κ2) is 6.25. The van der Waals surface area contributed by atoms with Crippen molar-refractivity contribution >= 4 is 17.9 Å². The Hall–Kier alpha value is -2.57. The van der Waals surface area contributed by atoms with Crippen molar-refractivity contribution in [3.8, 4) is 5.75 Å². The van der Waals surface area contributed by atoms with Crippen molar-refractivity contribution in [2.75, 3.05) is 6.61 Å². The molecule has 1 fully saturated rings. The summed E-state index contributed by atoms with van der Waals surface area (Å²) in [5.74, 6) is -1.78. The molecule has 21 heavy (non-hydrogen) atoms. The number of amides is 3. The van der Waals surface area contributed by atoms with Crippen molar-refractivity contribution in [2.45, 2.75) is 25.8 Å². The number of carbonyl (C=O) groups excluding carboxylic acids is 3. The van der Waals surface area contributed by atoms with Crippen LogP contribution in [0.2, 0.25) is 0 Å². The molecule has 0 heterocycles. The van der Waals surface area contributed by atoms with Gasteiger partial charge in [-0.25, -0.2) is 9.59 Å². The van der Waals surface area contributed by atoms with E-state index in [0.29, 0.717) is 0 Å². The number of rotatable bonds is 4. The molecule has 1 aromatic rings. The number of aryl methyl sites for hydroxylation is 1. The Morgan fingerprint density at radius 3 is 2.71 bits per heavy atom. The first kappa shape index (κ1) is 14.8. The van der Waals surface area contributed by atoms with Crippen LogP contribution in [0.25, 0.3) is 0 Å². The fraction of sp³-hybridized carbons (Fsp3) is 0.357. The number of esters is 1. The first-order valence-electron chi connectivity index (χ1n) is 6.53. The number of aromatic hydroxyl groups is 1. The van der Waals surface area contributed by atoms with Crippen LogP contribution in [0.15, 0.2) is 18.2 Å². The number of imide groups is 1. The lowest BCUT2D eigenvalue weighted by molar-refractivity contribution is -0.123. The summed E-state index contributed by atoms with van der Waals surface area (Å²) in [6.07, 6.45) is 1.81. The minimum absolute atomic E-state index is 0.0229. The summed E-state index contributed by atoms with van der Waals surface area (Å²) >= 11 is 0. The number of benzene rings is 1. The SMILES string of the molecule is Cc1ccc(O)c(C(=O)OCC(=O)NC(=O)NC2CC2)c1. The van der Waals surface area contributed by atoms with Gasteiger partial charge in [0.15, 0.2) is 6.61 Å². The summed E-state index contributed by atoms with van der Waals surface area (Å²) < 4.78 is 4.76. The zero-order valence-electron chi connectivity index (χ0n) is 11.5. The van der Waals surface area contributed by atoms with Crippen molar-refractivity contribution in [2.24, 2.45) is 0 Å². The number of carbonyl (C=O) groups is 3. The molecule has 112 valence electrons. The molecular formula is C14H16N2O5. The molecule has 0 unspecified atom stereocenters. The van der Waals surface area contributed by atoms with Crippen LogP contribution < -0.4 is 10.6 Å². The van der Waals surface area contributed by atoms with E-state index >= 15 is 0 Å². The third-order valence-corrected chi connectivity index (χ3v) is 2.87. The quantitative estimate of drug-likeness (QED) is 0.713. The maximum atomic E-state index is 11.7. The van der Waals surface area contributed by atoms with Gasteiger partial charge in [0.1, 0.15) is 11.3 Å². The molecule has 3 N–H and O–H groups in total. The van der Waals surface area contributed by atoms with E-state index in [1.165, 1.54) is 12.1 Å². The predicted octanol–water partition coefficient (Wildman–Crippen LogP) is 0.846. The molecule has 2 rings (SSSR count). The van der Waals surface area contributed by atoms with Crippen LogP contribution in [0.4, 0.5) is 4.79 Å². The number of urea groups is 1. The molecule has 0 atom stereocenters. The lowest BCUT2D eigenvalue weighted by Gasteiger charge is -2.08. The van der Waals surface area contributed by atoms with Gasteiger partial charge < -0.3 is 15.2 Å². The monoisotopic (exact) mass is 292 g/mol. The molecule has 1 saturated carbocycles. The van der Waals surface area contributed by atoms with Gasteiger partial charge in [-0.05, 0) is 31.9 Å². The average Bonchev–Trinajstić information content (AvgIpc) is 3.22. The third-order valence-electron chi connectivity index (χ3n) is 2.87. The Bertz CT molecular complexity index is 581. The van der Waals surface area contributed by atoms with Crippen LogP contribution in [0, 0.1) is 6.92 Å². The molecule has 3 amide bonds. The largest absolute Gasteiger partial charge is 0.507 e. The fourth-order valence-corrected chi connectivity index (χ4v) is 1.63. The Morgan fingerprint density at radius 2 is 2.05 bits per heavy atom. The summed E-state index contributed by atoms with van der Waals surface area (Å²) in [5.41, 5.74) is 0.748. The number of phenols is 1. The minimum Gasteiger partial charge on any atom is -0.507 e. The number of hydrogen-bond acceptors (Lipinski definition) is 5. The van der Waals surface area contributed by atoms with Gasteiger partial charge in [0.05, 0.1) is 0 Å². The summed E-state index contributed by atoms with van der Waals surface area (Å²) in [4.78, 5) is 34.5. The first-order valence-corrected chi connectivity index (χ1v) is 6.53. The number of ether oxygens (including phenoxy) is 1. The maximum absolute atomic E-state index is 11.7. The van der Waals surface area contributed by atoms with Crippen LogP contribution >= 0.6 is 0 Å². The van der Waals surface area contributed by atoms with Gasteiger partial charge in [-0.2, -0.15) is 0 Å². The second-order valence-electron chi connectivity index (χ2n) is 4.89. The number of phenolic OH excluding ortho intramolecular Hbond substituents is 1. The highest BCUT2D eigenvalue weighted by Crippen LogP contribution is 2.19. The van der Waals surface area contributed by atoms with Crippen LogP contribution in [0.3, 0.4) is 0 Å². The molecular weight excluding hydrogens is 276 g/mol. The van der Waals surface area contributed by atoms with Crippen LogP contribution in [0.5, 0.6) is 5.75 Å². The van der Waals surface area contributed by atoms with Gasteiger partial charge in [0, 0.05) is 6.04 Å². The molecule has 0 spiro atoms. The topological polar surface area (TPSA) is 105 Å². The lowest BCUT2D eigenvalue weighted by atomic mass is 10.1. The molecule has 1 aromatic carbocycles. The summed E-state index contributed by atoms with van der Waals surface area (Å²) in [6, 6.07) is 3.99. The Kier molecular flexibility index (Phi) is 4.42. The van der Waals surface area contributed by atoms with Gasteiger partial charge in [-0.15, -0.1) is 0 Å². The number of hydrogen-bond donors (Lipinski definition) is 3. The molecule has 1 aliphatic carbocycles. The molecule has 0 radical (unpaired) electrons. The van der Waals surface area contributed by atoms with E-state index in [9.17, 15) is 19.5 Å². The van der Waals surface area contributed by atoms with Crippen LogP contribution in [0.1, 0.15) is 28.8 Å². The average molecular weight is 292 g/mol. The van der Waals surface area contributed by atoms with Crippen molar-refractivity contribution in [3.05, 3.63) is 29.3 Å². The summed E-state index contributed by atoms with van der Waals surface area (Å²) in [6.45, 7) is 1.16. The minimum atomic E-state index is -0.825. The summed E-state index contributed by atoms with van der Waals surface area (Å²) in [7, 11) is 0. The maximum Gasteiger partial charge on any atom is 0.342 e. The summed E-state index contributed by atoms with van der Waals surface area (Å²) in [5, 5.41) is 14.2. The van der Waals surface area contributed by atoms with Gasteiger partial charge in [0.25, 0.3) is 5.91 Å². The van der Waals surface area contributed by atoms with Gasteiger partial charge in [-0.1, -0.05) is 11.6 Å². The molecule has 0 saturated heterocycles. The molecule has 7 nitrogen and oxygen atoms in total. The number of nitrogens with one attached hydrogen (secondary N) is 2.